The van der Waals surface area contributed by atoms with E-state index in [1.54, 1.807) is 14.1 Å². The summed E-state index contributed by atoms with van der Waals surface area (Å²) in [5.74, 6) is -0.407. The van der Waals surface area contributed by atoms with Crippen LogP contribution in [0.1, 0.15) is 25.7 Å². The third-order valence-electron chi connectivity index (χ3n) is 3.45. The van der Waals surface area contributed by atoms with Crippen molar-refractivity contribution in [2.45, 2.75) is 31.7 Å². The summed E-state index contributed by atoms with van der Waals surface area (Å²) in [7, 11) is 4.76. The molecule has 0 saturated carbocycles. The van der Waals surface area contributed by atoms with Gasteiger partial charge >= 0.3 is 5.97 Å². The Morgan fingerprint density at radius 3 is 2.60 bits per heavy atom. The summed E-state index contributed by atoms with van der Waals surface area (Å²) in [4.78, 5) is 22.6. The molecular formula is C14H22N2O4. The number of amides is 1. The second-order valence-corrected chi connectivity index (χ2v) is 4.65. The first-order valence-corrected chi connectivity index (χ1v) is 6.62. The summed E-state index contributed by atoms with van der Waals surface area (Å²) >= 11 is 0. The molecule has 0 unspecified atom stereocenters. The number of carbonyl (C=O) groups excluding carboxylic acids is 1. The SMILES string of the molecule is CNC(=O)C1=C(OC)C=C(CC[C@H](NC)C(=O)O)CC1. The molecule has 3 N–H and O–H groups in total. The van der Waals surface area contributed by atoms with E-state index in [0.29, 0.717) is 30.6 Å². The highest BCUT2D eigenvalue weighted by Crippen LogP contribution is 2.27. The Bertz CT molecular complexity index is 440. The number of carbonyl (C=O) groups is 2. The van der Waals surface area contributed by atoms with Crippen molar-refractivity contribution < 1.29 is 19.4 Å². The van der Waals surface area contributed by atoms with Crippen LogP contribution in [0.2, 0.25) is 0 Å². The Hall–Kier alpha value is -1.82. The van der Waals surface area contributed by atoms with Crippen LogP contribution in [0.3, 0.4) is 0 Å². The van der Waals surface area contributed by atoms with E-state index in [2.05, 4.69) is 10.6 Å². The third kappa shape index (κ3) is 4.09. The van der Waals surface area contributed by atoms with Crippen molar-refractivity contribution in [3.8, 4) is 0 Å². The van der Waals surface area contributed by atoms with Crippen molar-refractivity contribution >= 4 is 11.9 Å². The zero-order valence-corrected chi connectivity index (χ0v) is 12.2. The Kier molecular flexibility index (Phi) is 6.24. The number of ether oxygens (including phenoxy) is 1. The highest BCUT2D eigenvalue weighted by atomic mass is 16.5. The van der Waals surface area contributed by atoms with E-state index < -0.39 is 12.0 Å². The molecule has 0 aromatic rings. The molecule has 0 saturated heterocycles. The summed E-state index contributed by atoms with van der Waals surface area (Å²) < 4.78 is 5.25. The van der Waals surface area contributed by atoms with E-state index in [4.69, 9.17) is 9.84 Å². The number of likely N-dealkylation sites (N-methyl/N-ethyl adjacent to an activating group) is 2. The van der Waals surface area contributed by atoms with E-state index in [9.17, 15) is 9.59 Å². The van der Waals surface area contributed by atoms with Gasteiger partial charge in [0.2, 0.25) is 0 Å². The Morgan fingerprint density at radius 1 is 1.40 bits per heavy atom. The Labute approximate surface area is 118 Å². The average Bonchev–Trinajstić information content (AvgIpc) is 2.46. The van der Waals surface area contributed by atoms with Crippen molar-refractivity contribution in [2.75, 3.05) is 21.2 Å². The number of rotatable bonds is 7. The van der Waals surface area contributed by atoms with Crippen LogP contribution in [0.25, 0.3) is 0 Å². The van der Waals surface area contributed by atoms with Crippen molar-refractivity contribution in [3.05, 3.63) is 23.0 Å². The standard InChI is InChI=1S/C14H22N2O4/c1-15-11(14(18)19)7-5-9-4-6-10(13(17)16-2)12(8-9)20-3/h8,11,15H,4-7H2,1-3H3,(H,16,17)(H,18,19)/t11-/m0/s1. The molecule has 0 bridgehead atoms. The normalized spacial score (nSPS) is 16.4. The molecule has 6 heteroatoms. The lowest BCUT2D eigenvalue weighted by Gasteiger charge is -2.19. The van der Waals surface area contributed by atoms with Gasteiger partial charge in [-0.15, -0.1) is 0 Å². The zero-order valence-electron chi connectivity index (χ0n) is 12.2. The molecule has 1 aliphatic carbocycles. The molecule has 1 atom stereocenters. The van der Waals surface area contributed by atoms with Crippen LogP contribution in [0.15, 0.2) is 23.0 Å². The van der Waals surface area contributed by atoms with E-state index in [0.717, 1.165) is 12.0 Å². The number of hydrogen-bond acceptors (Lipinski definition) is 4. The molecule has 6 nitrogen and oxygen atoms in total. The second-order valence-electron chi connectivity index (χ2n) is 4.65. The van der Waals surface area contributed by atoms with Crippen LogP contribution >= 0.6 is 0 Å². The number of nitrogens with one attached hydrogen (secondary N) is 2. The Morgan fingerprint density at radius 2 is 2.10 bits per heavy atom. The lowest BCUT2D eigenvalue weighted by atomic mass is 9.92. The fourth-order valence-electron chi connectivity index (χ4n) is 2.23. The van der Waals surface area contributed by atoms with E-state index >= 15 is 0 Å². The van der Waals surface area contributed by atoms with Crippen LogP contribution < -0.4 is 10.6 Å². The predicted molar refractivity (Wildman–Crippen MR) is 75.1 cm³/mol. The van der Waals surface area contributed by atoms with Gasteiger partial charge in [0.05, 0.1) is 12.7 Å². The number of methoxy groups -OCH3 is 1. The molecule has 0 aromatic heterocycles. The first-order chi connectivity index (χ1) is 9.53. The van der Waals surface area contributed by atoms with E-state index in [-0.39, 0.29) is 5.91 Å². The lowest BCUT2D eigenvalue weighted by molar-refractivity contribution is -0.139. The van der Waals surface area contributed by atoms with Crippen molar-refractivity contribution in [2.24, 2.45) is 0 Å². The van der Waals surface area contributed by atoms with Crippen LogP contribution in [0.4, 0.5) is 0 Å². The monoisotopic (exact) mass is 282 g/mol. The lowest BCUT2D eigenvalue weighted by Crippen LogP contribution is -2.33. The predicted octanol–water partition coefficient (Wildman–Crippen LogP) is 0.806. The molecule has 0 spiro atoms. The van der Waals surface area contributed by atoms with Gasteiger partial charge in [0.1, 0.15) is 11.8 Å². The molecule has 112 valence electrons. The van der Waals surface area contributed by atoms with Crippen molar-refractivity contribution in [3.63, 3.8) is 0 Å². The minimum absolute atomic E-state index is 0.129. The number of carboxylic acid groups (broad SMARTS) is 1. The van der Waals surface area contributed by atoms with Gasteiger partial charge in [-0.05, 0) is 38.8 Å². The molecule has 1 aliphatic rings. The van der Waals surface area contributed by atoms with Gasteiger partial charge in [-0.1, -0.05) is 5.57 Å². The summed E-state index contributed by atoms with van der Waals surface area (Å²) in [5, 5.41) is 14.3. The minimum Gasteiger partial charge on any atom is -0.496 e. The summed E-state index contributed by atoms with van der Waals surface area (Å²) in [6, 6.07) is -0.550. The van der Waals surface area contributed by atoms with Crippen LogP contribution in [0, 0.1) is 0 Å². The first-order valence-electron chi connectivity index (χ1n) is 6.62. The molecule has 0 fully saturated rings. The van der Waals surface area contributed by atoms with Gasteiger partial charge in [-0.3, -0.25) is 9.59 Å². The molecule has 0 aliphatic heterocycles. The third-order valence-corrected chi connectivity index (χ3v) is 3.45. The van der Waals surface area contributed by atoms with Gasteiger partial charge in [-0.2, -0.15) is 0 Å². The van der Waals surface area contributed by atoms with E-state index in [1.165, 1.54) is 7.11 Å². The van der Waals surface area contributed by atoms with Gasteiger partial charge in [0.15, 0.2) is 0 Å². The second kappa shape index (κ2) is 7.69. The molecule has 0 heterocycles. The number of carboxylic acids is 1. The maximum absolute atomic E-state index is 11.7. The van der Waals surface area contributed by atoms with Gasteiger partial charge < -0.3 is 20.5 Å². The zero-order chi connectivity index (χ0) is 15.1. The highest BCUT2D eigenvalue weighted by Gasteiger charge is 2.21. The molecule has 1 amide bonds. The Balaban J connectivity index is 2.74. The van der Waals surface area contributed by atoms with Crippen LogP contribution in [-0.2, 0) is 14.3 Å². The fraction of sp³-hybridized carbons (Fsp3) is 0.571. The van der Waals surface area contributed by atoms with Gasteiger partial charge in [-0.25, -0.2) is 0 Å². The molecule has 0 radical (unpaired) electrons. The highest BCUT2D eigenvalue weighted by molar-refractivity contribution is 5.94. The van der Waals surface area contributed by atoms with Gasteiger partial charge in [0, 0.05) is 7.05 Å². The van der Waals surface area contributed by atoms with E-state index in [1.807, 2.05) is 6.08 Å². The number of allylic oxidation sites excluding steroid dienone is 2. The number of aliphatic carboxylic acids is 1. The van der Waals surface area contributed by atoms with Gasteiger partial charge in [0.25, 0.3) is 5.91 Å². The minimum atomic E-state index is -0.850. The summed E-state index contributed by atoms with van der Waals surface area (Å²) in [5.41, 5.74) is 1.75. The topological polar surface area (TPSA) is 87.7 Å². The summed E-state index contributed by atoms with van der Waals surface area (Å²) in [6.07, 6.45) is 4.41. The quantitative estimate of drug-likeness (QED) is 0.643. The van der Waals surface area contributed by atoms with Crippen LogP contribution in [-0.4, -0.2) is 44.2 Å². The summed E-state index contributed by atoms with van der Waals surface area (Å²) in [6.45, 7) is 0. The molecule has 20 heavy (non-hydrogen) atoms. The van der Waals surface area contributed by atoms with Crippen LogP contribution in [0.5, 0.6) is 0 Å². The maximum atomic E-state index is 11.7. The van der Waals surface area contributed by atoms with Crippen molar-refractivity contribution in [1.29, 1.82) is 0 Å². The smallest absolute Gasteiger partial charge is 0.320 e. The molecule has 0 aromatic carbocycles. The van der Waals surface area contributed by atoms with Crippen molar-refractivity contribution in [1.82, 2.24) is 10.6 Å². The molecular weight excluding hydrogens is 260 g/mol. The maximum Gasteiger partial charge on any atom is 0.320 e. The number of hydrogen-bond donors (Lipinski definition) is 3. The first kappa shape index (κ1) is 16.2. The molecule has 1 rings (SSSR count). The average molecular weight is 282 g/mol. The fourth-order valence-corrected chi connectivity index (χ4v) is 2.23. The largest absolute Gasteiger partial charge is 0.496 e.